The zero-order valence-corrected chi connectivity index (χ0v) is 22.0. The molecule has 1 atom stereocenters. The molecule has 1 amide bonds. The fourth-order valence-corrected chi connectivity index (χ4v) is 4.79. The van der Waals surface area contributed by atoms with Crippen molar-refractivity contribution < 1.29 is 38.0 Å². The van der Waals surface area contributed by atoms with Crippen molar-refractivity contribution >= 4 is 17.4 Å². The van der Waals surface area contributed by atoms with E-state index in [1.54, 1.807) is 32.0 Å². The molecule has 0 aromatic heterocycles. The summed E-state index contributed by atoms with van der Waals surface area (Å²) in [4.78, 5) is 30.3. The highest BCUT2D eigenvalue weighted by molar-refractivity contribution is 6.46. The van der Waals surface area contributed by atoms with E-state index in [4.69, 9.17) is 18.9 Å². The monoisotopic (exact) mass is 528 g/mol. The maximum Gasteiger partial charge on any atom is 0.295 e. The highest BCUT2D eigenvalue weighted by Crippen LogP contribution is 2.45. The van der Waals surface area contributed by atoms with Crippen LogP contribution in [0.25, 0.3) is 5.76 Å². The molecule has 0 spiro atoms. The van der Waals surface area contributed by atoms with E-state index in [0.29, 0.717) is 49.9 Å². The summed E-state index contributed by atoms with van der Waals surface area (Å²) < 4.78 is 36.7. The second-order valence-electron chi connectivity index (χ2n) is 9.34. The fourth-order valence-electron chi connectivity index (χ4n) is 4.79. The first-order valence-corrected chi connectivity index (χ1v) is 12.5. The number of hydrogen-bond donors (Lipinski definition) is 1. The van der Waals surface area contributed by atoms with Crippen LogP contribution in [-0.2, 0) is 14.3 Å². The van der Waals surface area contributed by atoms with E-state index in [0.717, 1.165) is 6.07 Å². The number of nitrogens with zero attached hydrogens (tertiary/aromatic N) is 2. The van der Waals surface area contributed by atoms with E-state index in [2.05, 4.69) is 4.90 Å². The predicted molar refractivity (Wildman–Crippen MR) is 138 cm³/mol. The van der Waals surface area contributed by atoms with Crippen molar-refractivity contribution in [2.24, 2.45) is 0 Å². The molecular formula is C28H33FN2O7. The van der Waals surface area contributed by atoms with Gasteiger partial charge in [0.15, 0.2) is 23.1 Å². The summed E-state index contributed by atoms with van der Waals surface area (Å²) >= 11 is 0. The van der Waals surface area contributed by atoms with Gasteiger partial charge in [0.05, 0.1) is 45.2 Å². The topological polar surface area (TPSA) is 97.8 Å². The van der Waals surface area contributed by atoms with Gasteiger partial charge in [-0.15, -0.1) is 0 Å². The molecule has 2 aromatic rings. The van der Waals surface area contributed by atoms with Crippen LogP contribution in [-0.4, -0.2) is 86.3 Å². The van der Waals surface area contributed by atoms with Crippen LogP contribution in [0.3, 0.4) is 0 Å². The summed E-state index contributed by atoms with van der Waals surface area (Å²) in [6, 6.07) is 8.09. The number of Topliss-reactive ketones (excluding diaryl/α,β-unsaturated/α-hetero) is 1. The molecule has 2 saturated heterocycles. The molecule has 0 saturated carbocycles. The highest BCUT2D eigenvalue weighted by Gasteiger charge is 2.47. The SMILES string of the molecule is COc1cccc(C2/C(=C(\O)c3ccc(OC(C)C)c(F)c3)C(=O)C(=O)N2CCN2CCOCC2)c1OC. The van der Waals surface area contributed by atoms with Gasteiger partial charge < -0.3 is 29.0 Å². The number of aliphatic hydroxyl groups is 1. The molecule has 1 N–H and O–H groups in total. The summed E-state index contributed by atoms with van der Waals surface area (Å²) in [5.41, 5.74) is 0.368. The Morgan fingerprint density at radius 1 is 1.08 bits per heavy atom. The van der Waals surface area contributed by atoms with E-state index in [9.17, 15) is 19.1 Å². The number of morpholine rings is 1. The Labute approximate surface area is 221 Å². The Bertz CT molecular complexity index is 1220. The molecule has 4 rings (SSSR count). The first kappa shape index (κ1) is 27.4. The molecular weight excluding hydrogens is 495 g/mol. The number of amides is 1. The Morgan fingerprint density at radius 2 is 1.82 bits per heavy atom. The number of carbonyl (C=O) groups is 2. The van der Waals surface area contributed by atoms with Crippen LogP contribution in [0.1, 0.15) is 31.0 Å². The van der Waals surface area contributed by atoms with Gasteiger partial charge in [0.2, 0.25) is 0 Å². The lowest BCUT2D eigenvalue weighted by atomic mass is 9.94. The number of benzene rings is 2. The zero-order chi connectivity index (χ0) is 27.4. The van der Waals surface area contributed by atoms with E-state index < -0.39 is 29.3 Å². The molecule has 2 aliphatic heterocycles. The van der Waals surface area contributed by atoms with Crippen LogP contribution < -0.4 is 14.2 Å². The maximum absolute atomic E-state index is 14.8. The number of rotatable bonds is 9. The van der Waals surface area contributed by atoms with E-state index in [1.165, 1.54) is 31.3 Å². The summed E-state index contributed by atoms with van der Waals surface area (Å²) in [6.45, 7) is 6.88. The average molecular weight is 529 g/mol. The molecule has 0 bridgehead atoms. The van der Waals surface area contributed by atoms with Gasteiger partial charge >= 0.3 is 0 Å². The molecule has 2 aliphatic rings. The van der Waals surface area contributed by atoms with Crippen LogP contribution in [0, 0.1) is 5.82 Å². The number of hydrogen-bond acceptors (Lipinski definition) is 8. The minimum Gasteiger partial charge on any atom is -0.507 e. The predicted octanol–water partition coefficient (Wildman–Crippen LogP) is 3.38. The molecule has 10 heteroatoms. The van der Waals surface area contributed by atoms with Crippen molar-refractivity contribution in [3.63, 3.8) is 0 Å². The minimum absolute atomic E-state index is 0.0218. The van der Waals surface area contributed by atoms with Gasteiger partial charge in [-0.3, -0.25) is 14.5 Å². The van der Waals surface area contributed by atoms with Crippen molar-refractivity contribution in [2.75, 3.05) is 53.6 Å². The molecule has 2 fully saturated rings. The van der Waals surface area contributed by atoms with Gasteiger partial charge in [-0.05, 0) is 38.1 Å². The normalized spacial score (nSPS) is 19.7. The van der Waals surface area contributed by atoms with E-state index in [-0.39, 0.29) is 29.5 Å². The fraction of sp³-hybridized carbons (Fsp3) is 0.429. The van der Waals surface area contributed by atoms with Crippen LogP contribution >= 0.6 is 0 Å². The summed E-state index contributed by atoms with van der Waals surface area (Å²) in [5, 5.41) is 11.3. The molecule has 0 aliphatic carbocycles. The lowest BCUT2D eigenvalue weighted by Gasteiger charge is -2.31. The molecule has 2 heterocycles. The lowest BCUT2D eigenvalue weighted by Crippen LogP contribution is -2.42. The van der Waals surface area contributed by atoms with Crippen molar-refractivity contribution in [2.45, 2.75) is 26.0 Å². The van der Waals surface area contributed by atoms with Gasteiger partial charge in [0.25, 0.3) is 11.7 Å². The van der Waals surface area contributed by atoms with E-state index >= 15 is 0 Å². The minimum atomic E-state index is -0.976. The number of methoxy groups -OCH3 is 2. The summed E-state index contributed by atoms with van der Waals surface area (Å²) in [6.07, 6.45) is -0.249. The lowest BCUT2D eigenvalue weighted by molar-refractivity contribution is -0.140. The first-order chi connectivity index (χ1) is 18.3. The largest absolute Gasteiger partial charge is 0.507 e. The number of carbonyl (C=O) groups excluding carboxylic acids is 2. The molecule has 204 valence electrons. The van der Waals surface area contributed by atoms with Crippen molar-refractivity contribution in [1.29, 1.82) is 0 Å². The van der Waals surface area contributed by atoms with Crippen molar-refractivity contribution in [3.8, 4) is 17.2 Å². The highest BCUT2D eigenvalue weighted by atomic mass is 19.1. The van der Waals surface area contributed by atoms with Crippen LogP contribution in [0.2, 0.25) is 0 Å². The standard InChI is InChI=1S/C28H33FN2O7/c1-17(2)38-21-9-8-18(16-20(21)29)25(32)23-24(19-6-5-7-22(35-3)27(19)36-4)31(28(34)26(23)33)11-10-30-12-14-37-15-13-30/h5-9,16-17,24,32H,10-15H2,1-4H3/b25-23+. The molecule has 0 radical (unpaired) electrons. The van der Waals surface area contributed by atoms with Crippen LogP contribution in [0.5, 0.6) is 17.2 Å². The third-order valence-corrected chi connectivity index (χ3v) is 6.60. The van der Waals surface area contributed by atoms with Gasteiger partial charge in [-0.25, -0.2) is 4.39 Å². The Kier molecular flexibility index (Phi) is 8.53. The number of aliphatic hydroxyl groups excluding tert-OH is 1. The van der Waals surface area contributed by atoms with Crippen LogP contribution in [0.4, 0.5) is 4.39 Å². The molecule has 9 nitrogen and oxygen atoms in total. The number of para-hydroxylation sites is 1. The second-order valence-corrected chi connectivity index (χ2v) is 9.34. The van der Waals surface area contributed by atoms with Crippen molar-refractivity contribution in [3.05, 3.63) is 58.9 Å². The van der Waals surface area contributed by atoms with E-state index in [1.807, 2.05) is 0 Å². The number of ether oxygens (including phenoxy) is 4. The van der Waals surface area contributed by atoms with Gasteiger partial charge in [-0.1, -0.05) is 12.1 Å². The first-order valence-electron chi connectivity index (χ1n) is 12.5. The molecule has 2 aromatic carbocycles. The van der Waals surface area contributed by atoms with Gasteiger partial charge in [0, 0.05) is 37.3 Å². The second kappa shape index (κ2) is 11.8. The Balaban J connectivity index is 1.81. The number of ketones is 1. The zero-order valence-electron chi connectivity index (χ0n) is 22.0. The Morgan fingerprint density at radius 3 is 2.45 bits per heavy atom. The maximum atomic E-state index is 14.8. The van der Waals surface area contributed by atoms with Crippen LogP contribution in [0.15, 0.2) is 42.0 Å². The third kappa shape index (κ3) is 5.46. The van der Waals surface area contributed by atoms with Crippen molar-refractivity contribution in [1.82, 2.24) is 9.80 Å². The molecule has 1 unspecified atom stereocenters. The summed E-state index contributed by atoms with van der Waals surface area (Å²) in [7, 11) is 2.95. The third-order valence-electron chi connectivity index (χ3n) is 6.60. The van der Waals surface area contributed by atoms with Gasteiger partial charge in [-0.2, -0.15) is 0 Å². The smallest absolute Gasteiger partial charge is 0.295 e. The summed E-state index contributed by atoms with van der Waals surface area (Å²) in [5.74, 6) is -2.03. The average Bonchev–Trinajstić information content (AvgIpc) is 3.17. The Hall–Kier alpha value is -3.63. The molecule has 38 heavy (non-hydrogen) atoms. The quantitative estimate of drug-likeness (QED) is 0.301. The number of likely N-dealkylation sites (tertiary alicyclic amines) is 1. The number of halogens is 1. The van der Waals surface area contributed by atoms with Gasteiger partial charge in [0.1, 0.15) is 5.76 Å².